The molecule has 13 heavy (non-hydrogen) atoms. The quantitative estimate of drug-likeness (QED) is 0.635. The van der Waals surface area contributed by atoms with E-state index in [-0.39, 0.29) is 19.0 Å². The Bertz CT molecular complexity index is 281. The highest BCUT2D eigenvalue weighted by molar-refractivity contribution is 7.90. The van der Waals surface area contributed by atoms with Crippen molar-refractivity contribution in [3.8, 4) is 6.07 Å². The molecule has 0 aromatic carbocycles. The predicted molar refractivity (Wildman–Crippen MR) is 50.3 cm³/mol. The average Bonchev–Trinajstić information content (AvgIpc) is 2.05. The summed E-state index contributed by atoms with van der Waals surface area (Å²) in [6.45, 7) is 3.53. The number of nitrogens with one attached hydrogen (secondary N) is 1. The van der Waals surface area contributed by atoms with Gasteiger partial charge in [-0.1, -0.05) is 6.92 Å². The summed E-state index contributed by atoms with van der Waals surface area (Å²) < 4.78 is 25.1. The van der Waals surface area contributed by atoms with Crippen LogP contribution in [0.1, 0.15) is 20.3 Å². The lowest BCUT2D eigenvalue weighted by Gasteiger charge is -2.14. The molecule has 0 fully saturated rings. The van der Waals surface area contributed by atoms with Crippen LogP contribution >= 0.6 is 0 Å². The lowest BCUT2D eigenvalue weighted by molar-refractivity contribution is 0.554. The van der Waals surface area contributed by atoms with Gasteiger partial charge in [0.05, 0.1) is 6.07 Å². The van der Waals surface area contributed by atoms with Crippen LogP contribution in [0.2, 0.25) is 0 Å². The van der Waals surface area contributed by atoms with Crippen LogP contribution in [0.4, 0.5) is 0 Å². The monoisotopic (exact) mass is 205 g/mol. The van der Waals surface area contributed by atoms with Crippen LogP contribution in [0.25, 0.3) is 0 Å². The molecule has 6 heteroatoms. The first-order valence-electron chi connectivity index (χ1n) is 4.08. The molecule has 3 N–H and O–H groups in total. The zero-order valence-electron chi connectivity index (χ0n) is 7.82. The molecule has 0 bridgehead atoms. The van der Waals surface area contributed by atoms with Crippen LogP contribution in [-0.2, 0) is 10.0 Å². The minimum Gasteiger partial charge on any atom is -0.329 e. The minimum atomic E-state index is -3.52. The Morgan fingerprint density at radius 1 is 1.62 bits per heavy atom. The van der Waals surface area contributed by atoms with Crippen molar-refractivity contribution in [2.24, 2.45) is 5.73 Å². The van der Waals surface area contributed by atoms with Gasteiger partial charge in [0.2, 0.25) is 10.0 Å². The van der Waals surface area contributed by atoms with Crippen molar-refractivity contribution in [3.63, 3.8) is 0 Å². The third-order valence-electron chi connectivity index (χ3n) is 1.61. The minimum absolute atomic E-state index is 0.223. The van der Waals surface area contributed by atoms with Gasteiger partial charge in [-0.2, -0.15) is 5.26 Å². The molecule has 76 valence electrons. The maximum absolute atomic E-state index is 11.4. The van der Waals surface area contributed by atoms with E-state index in [9.17, 15) is 8.42 Å². The van der Waals surface area contributed by atoms with Gasteiger partial charge in [-0.3, -0.25) is 0 Å². The van der Waals surface area contributed by atoms with Gasteiger partial charge < -0.3 is 5.73 Å². The molecular formula is C7H15N3O2S. The molecule has 0 rings (SSSR count). The van der Waals surface area contributed by atoms with Crippen LogP contribution < -0.4 is 10.5 Å². The summed E-state index contributed by atoms with van der Waals surface area (Å²) >= 11 is 0. The predicted octanol–water partition coefficient (Wildman–Crippen LogP) is -0.445. The molecule has 0 saturated carbocycles. The molecule has 0 aromatic heterocycles. The zero-order chi connectivity index (χ0) is 10.5. The van der Waals surface area contributed by atoms with Crippen molar-refractivity contribution in [2.45, 2.75) is 31.6 Å². The number of hydrogen-bond acceptors (Lipinski definition) is 4. The van der Waals surface area contributed by atoms with E-state index in [0.29, 0.717) is 0 Å². The van der Waals surface area contributed by atoms with Crippen LogP contribution in [0.15, 0.2) is 0 Å². The van der Waals surface area contributed by atoms with E-state index in [4.69, 9.17) is 11.0 Å². The van der Waals surface area contributed by atoms with Crippen LogP contribution in [0.5, 0.6) is 0 Å². The Balaban J connectivity index is 4.50. The third kappa shape index (κ3) is 3.72. The zero-order valence-corrected chi connectivity index (χ0v) is 8.63. The molecule has 0 aliphatic rings. The number of rotatable bonds is 5. The first-order chi connectivity index (χ1) is 5.97. The van der Waals surface area contributed by atoms with E-state index in [1.807, 2.05) is 0 Å². The fourth-order valence-electron chi connectivity index (χ4n) is 0.791. The molecule has 1 unspecified atom stereocenters. The third-order valence-corrected chi connectivity index (χ3v) is 3.53. The normalized spacial score (nSPS) is 16.2. The summed E-state index contributed by atoms with van der Waals surface area (Å²) in [5.74, 6) is 0. The second kappa shape index (κ2) is 5.17. The molecule has 0 amide bonds. The summed E-state index contributed by atoms with van der Waals surface area (Å²) in [7, 11) is -3.52. The Kier molecular flexibility index (Phi) is 4.91. The number of nitriles is 1. The summed E-state index contributed by atoms with van der Waals surface area (Å²) in [6, 6.07) is 1.40. The van der Waals surface area contributed by atoms with Crippen molar-refractivity contribution >= 4 is 10.0 Å². The largest absolute Gasteiger partial charge is 0.329 e. The molecule has 0 heterocycles. The van der Waals surface area contributed by atoms with E-state index < -0.39 is 15.3 Å². The van der Waals surface area contributed by atoms with E-state index in [1.54, 1.807) is 19.9 Å². The molecule has 0 radical (unpaired) electrons. The summed E-state index contributed by atoms with van der Waals surface area (Å²) in [6.07, 6.45) is 0.281. The maximum Gasteiger partial charge on any atom is 0.228 e. The second-order valence-electron chi connectivity index (χ2n) is 2.83. The lowest BCUT2D eigenvalue weighted by atomic mass is 10.4. The van der Waals surface area contributed by atoms with Gasteiger partial charge in [0.15, 0.2) is 5.25 Å². The Morgan fingerprint density at radius 3 is 2.46 bits per heavy atom. The maximum atomic E-state index is 11.4. The lowest BCUT2D eigenvalue weighted by Crippen LogP contribution is -2.42. The number of hydrogen-bond donors (Lipinski definition) is 2. The molecule has 5 nitrogen and oxygen atoms in total. The van der Waals surface area contributed by atoms with E-state index >= 15 is 0 Å². The molecular weight excluding hydrogens is 190 g/mol. The van der Waals surface area contributed by atoms with Crippen molar-refractivity contribution in [1.82, 2.24) is 4.72 Å². The van der Waals surface area contributed by atoms with Gasteiger partial charge in [-0.05, 0) is 13.3 Å². The summed E-state index contributed by atoms with van der Waals surface area (Å²) in [5, 5.41) is 7.56. The van der Waals surface area contributed by atoms with Gasteiger partial charge in [-0.15, -0.1) is 0 Å². The first kappa shape index (κ1) is 12.4. The fraction of sp³-hybridized carbons (Fsp3) is 0.857. The highest BCUT2D eigenvalue weighted by Crippen LogP contribution is 2.03. The van der Waals surface area contributed by atoms with Crippen molar-refractivity contribution in [2.75, 3.05) is 6.54 Å². The Hall–Kier alpha value is -0.640. The summed E-state index contributed by atoms with van der Waals surface area (Å²) in [4.78, 5) is 0. The highest BCUT2D eigenvalue weighted by Gasteiger charge is 2.24. The first-order valence-corrected chi connectivity index (χ1v) is 5.63. The van der Waals surface area contributed by atoms with Gasteiger partial charge in [0.25, 0.3) is 0 Å². The van der Waals surface area contributed by atoms with Gasteiger partial charge in [-0.25, -0.2) is 13.1 Å². The molecule has 0 saturated heterocycles. The van der Waals surface area contributed by atoms with Crippen molar-refractivity contribution in [3.05, 3.63) is 0 Å². The molecule has 0 aliphatic heterocycles. The van der Waals surface area contributed by atoms with Gasteiger partial charge in [0, 0.05) is 12.6 Å². The van der Waals surface area contributed by atoms with Crippen LogP contribution in [-0.4, -0.2) is 26.3 Å². The number of nitrogens with two attached hydrogens (primary N) is 1. The van der Waals surface area contributed by atoms with Gasteiger partial charge in [0.1, 0.15) is 0 Å². The van der Waals surface area contributed by atoms with Crippen molar-refractivity contribution in [1.29, 1.82) is 5.26 Å². The molecule has 2 atom stereocenters. The molecule has 0 aromatic rings. The average molecular weight is 205 g/mol. The van der Waals surface area contributed by atoms with E-state index in [1.165, 1.54) is 0 Å². The van der Waals surface area contributed by atoms with Gasteiger partial charge >= 0.3 is 0 Å². The molecule has 0 spiro atoms. The summed E-state index contributed by atoms with van der Waals surface area (Å²) in [5.41, 5.74) is 5.25. The van der Waals surface area contributed by atoms with Crippen LogP contribution in [0.3, 0.4) is 0 Å². The Labute approximate surface area is 79.0 Å². The second-order valence-corrected chi connectivity index (χ2v) is 4.72. The van der Waals surface area contributed by atoms with Crippen molar-refractivity contribution < 1.29 is 8.42 Å². The standard InChI is InChI=1S/C7H15N3O2S/c1-3-7(5-9)13(11,12)10-6(2)4-8/h6-7,10H,3-4,8H2,1-2H3/t6-,7?/m1/s1. The number of sulfonamides is 1. The van der Waals surface area contributed by atoms with Crippen LogP contribution in [0, 0.1) is 11.3 Å². The van der Waals surface area contributed by atoms with E-state index in [2.05, 4.69) is 4.72 Å². The number of nitrogens with zero attached hydrogens (tertiary/aromatic N) is 1. The molecule has 0 aliphatic carbocycles. The smallest absolute Gasteiger partial charge is 0.228 e. The topological polar surface area (TPSA) is 96.0 Å². The SMILES string of the molecule is CCC(C#N)S(=O)(=O)N[C@H](C)CN. The fourth-order valence-corrected chi connectivity index (χ4v) is 2.19. The highest BCUT2D eigenvalue weighted by atomic mass is 32.2. The van der Waals surface area contributed by atoms with E-state index in [0.717, 1.165) is 0 Å². The Morgan fingerprint density at radius 2 is 2.15 bits per heavy atom.